The van der Waals surface area contributed by atoms with Crippen LogP contribution >= 0.6 is 0 Å². The first-order chi connectivity index (χ1) is 6.86. The van der Waals surface area contributed by atoms with E-state index in [1.165, 1.54) is 22.2 Å². The number of aromatic nitrogens is 1. The number of H-pyrrole nitrogens is 1. The highest BCUT2D eigenvalue weighted by Gasteiger charge is 2.07. The molecule has 0 fully saturated rings. The summed E-state index contributed by atoms with van der Waals surface area (Å²) in [5, 5.41) is 4.56. The van der Waals surface area contributed by atoms with Crippen molar-refractivity contribution < 1.29 is 1.43 Å². The number of benzene rings is 1. The minimum absolute atomic E-state index is 0. The fourth-order valence-corrected chi connectivity index (χ4v) is 1.94. The number of hydrogen-bond donors (Lipinski definition) is 2. The number of para-hydroxylation sites is 1. The average Bonchev–Trinajstić information content (AvgIpc) is 2.58. The highest BCUT2D eigenvalue weighted by atomic mass is 14.8. The van der Waals surface area contributed by atoms with Gasteiger partial charge >= 0.3 is 0 Å². The third-order valence-corrected chi connectivity index (χ3v) is 2.61. The van der Waals surface area contributed by atoms with Crippen LogP contribution in [0.25, 0.3) is 10.9 Å². The van der Waals surface area contributed by atoms with Crippen molar-refractivity contribution in [3.8, 4) is 0 Å². The van der Waals surface area contributed by atoms with Crippen LogP contribution in [0.15, 0.2) is 24.3 Å². The van der Waals surface area contributed by atoms with Crippen LogP contribution in [0, 0.1) is 0 Å². The maximum Gasteiger partial charge on any atom is 0.0459 e. The maximum absolute atomic E-state index is 3.46. The Bertz CT molecular complexity index is 434. The molecule has 0 bridgehead atoms. The molecule has 0 aliphatic carbocycles. The molecule has 0 radical (unpaired) electrons. The Kier molecular flexibility index (Phi) is 2.55. The zero-order valence-corrected chi connectivity index (χ0v) is 8.72. The summed E-state index contributed by atoms with van der Waals surface area (Å²) in [6, 6.07) is 8.47. The highest BCUT2D eigenvalue weighted by Crippen LogP contribution is 2.22. The second kappa shape index (κ2) is 3.84. The molecule has 1 aromatic carbocycles. The van der Waals surface area contributed by atoms with E-state index in [4.69, 9.17) is 0 Å². The molecule has 2 aromatic rings. The molecule has 76 valence electrons. The lowest BCUT2D eigenvalue weighted by Gasteiger charge is -2.00. The molecule has 2 rings (SSSR count). The first-order valence-corrected chi connectivity index (χ1v) is 5.10. The largest absolute Gasteiger partial charge is 0.358 e. The maximum atomic E-state index is 3.46. The predicted molar refractivity (Wildman–Crippen MR) is 62.6 cm³/mol. The van der Waals surface area contributed by atoms with Crippen molar-refractivity contribution in [1.29, 1.82) is 0 Å². The lowest BCUT2D eigenvalue weighted by Crippen LogP contribution is -2.06. The topological polar surface area (TPSA) is 27.8 Å². The van der Waals surface area contributed by atoms with E-state index in [-0.39, 0.29) is 1.43 Å². The van der Waals surface area contributed by atoms with E-state index in [1.807, 2.05) is 7.05 Å². The monoisotopic (exact) mass is 190 g/mol. The van der Waals surface area contributed by atoms with Crippen molar-refractivity contribution in [3.63, 3.8) is 0 Å². The number of aromatic amines is 1. The fourth-order valence-electron chi connectivity index (χ4n) is 1.94. The molecule has 0 amide bonds. The quantitative estimate of drug-likeness (QED) is 0.765. The molecule has 0 aliphatic rings. The predicted octanol–water partition coefficient (Wildman–Crippen LogP) is 2.70. The molecule has 2 heteroatoms. The molecule has 1 heterocycles. The molecule has 0 spiro atoms. The van der Waals surface area contributed by atoms with Gasteiger partial charge in [0.05, 0.1) is 0 Å². The molecule has 1 aromatic heterocycles. The third kappa shape index (κ3) is 1.42. The van der Waals surface area contributed by atoms with Gasteiger partial charge in [-0.3, -0.25) is 0 Å². The van der Waals surface area contributed by atoms with Gasteiger partial charge in [0.2, 0.25) is 0 Å². The summed E-state index contributed by atoms with van der Waals surface area (Å²) in [7, 11) is 1.99. The Labute approximate surface area is 85.8 Å². The first-order valence-electron chi connectivity index (χ1n) is 5.10. The molecule has 14 heavy (non-hydrogen) atoms. The lowest BCUT2D eigenvalue weighted by molar-refractivity contribution is 0.809. The molecule has 0 aliphatic heterocycles. The van der Waals surface area contributed by atoms with Crippen LogP contribution in [-0.4, -0.2) is 12.0 Å². The van der Waals surface area contributed by atoms with Crippen LogP contribution in [0.5, 0.6) is 0 Å². The summed E-state index contributed by atoms with van der Waals surface area (Å²) >= 11 is 0. The molecule has 0 saturated heterocycles. The second-order valence-corrected chi connectivity index (χ2v) is 3.51. The number of rotatable bonds is 3. The van der Waals surface area contributed by atoms with Gasteiger partial charge in [0.1, 0.15) is 0 Å². The van der Waals surface area contributed by atoms with Crippen LogP contribution in [-0.2, 0) is 13.0 Å². The van der Waals surface area contributed by atoms with Gasteiger partial charge < -0.3 is 10.3 Å². The Hall–Kier alpha value is -1.28. The van der Waals surface area contributed by atoms with Gasteiger partial charge in [-0.25, -0.2) is 0 Å². The van der Waals surface area contributed by atoms with Crippen LogP contribution in [0.2, 0.25) is 0 Å². The SMILES string of the molecule is CCc1[nH]c2ccccc2c1CNC.[HH]. The van der Waals surface area contributed by atoms with Gasteiger partial charge in [0.25, 0.3) is 0 Å². The standard InChI is InChI=1S/C12H16N2.H2/c1-3-11-10(8-13-2)9-6-4-5-7-12(9)14-11;/h4-7,13-14H,3,8H2,1-2H3;1H. The summed E-state index contributed by atoms with van der Waals surface area (Å²) in [5.41, 5.74) is 4.00. The van der Waals surface area contributed by atoms with Crippen LogP contribution < -0.4 is 5.32 Å². The van der Waals surface area contributed by atoms with Gasteiger partial charge in [-0.05, 0) is 25.1 Å². The molecular weight excluding hydrogens is 172 g/mol. The van der Waals surface area contributed by atoms with Crippen molar-refractivity contribution >= 4 is 10.9 Å². The summed E-state index contributed by atoms with van der Waals surface area (Å²) in [4.78, 5) is 3.46. The van der Waals surface area contributed by atoms with Crippen molar-refractivity contribution in [2.45, 2.75) is 19.9 Å². The van der Waals surface area contributed by atoms with E-state index in [1.54, 1.807) is 0 Å². The normalized spacial score (nSPS) is 11.0. The van der Waals surface area contributed by atoms with Crippen molar-refractivity contribution in [2.24, 2.45) is 0 Å². The summed E-state index contributed by atoms with van der Waals surface area (Å²) in [6.07, 6.45) is 1.06. The highest BCUT2D eigenvalue weighted by molar-refractivity contribution is 5.84. The van der Waals surface area contributed by atoms with Crippen LogP contribution in [0.3, 0.4) is 0 Å². The minimum Gasteiger partial charge on any atom is -0.358 e. The molecule has 2 N–H and O–H groups in total. The molecule has 2 nitrogen and oxygen atoms in total. The Morgan fingerprint density at radius 2 is 2.14 bits per heavy atom. The molecule has 0 saturated carbocycles. The zero-order chi connectivity index (χ0) is 9.97. The zero-order valence-electron chi connectivity index (χ0n) is 8.72. The van der Waals surface area contributed by atoms with E-state index in [9.17, 15) is 0 Å². The van der Waals surface area contributed by atoms with Crippen LogP contribution in [0.4, 0.5) is 0 Å². The lowest BCUT2D eigenvalue weighted by atomic mass is 10.1. The fraction of sp³-hybridized carbons (Fsp3) is 0.333. The van der Waals surface area contributed by atoms with Gasteiger partial charge in [-0.2, -0.15) is 0 Å². The first kappa shape index (κ1) is 9.28. The number of nitrogens with one attached hydrogen (secondary N) is 2. The number of fused-ring (bicyclic) bond motifs is 1. The van der Waals surface area contributed by atoms with Gasteiger partial charge in [-0.1, -0.05) is 25.1 Å². The number of hydrogen-bond acceptors (Lipinski definition) is 1. The van der Waals surface area contributed by atoms with Gasteiger partial charge in [0.15, 0.2) is 0 Å². The van der Waals surface area contributed by atoms with E-state index in [2.05, 4.69) is 41.5 Å². The average molecular weight is 190 g/mol. The van der Waals surface area contributed by atoms with E-state index < -0.39 is 0 Å². The molecule has 0 unspecified atom stereocenters. The Morgan fingerprint density at radius 3 is 2.86 bits per heavy atom. The van der Waals surface area contributed by atoms with E-state index in [0.717, 1.165) is 13.0 Å². The summed E-state index contributed by atoms with van der Waals surface area (Å²) in [5.74, 6) is 0. The molecular formula is C12H18N2. The van der Waals surface area contributed by atoms with E-state index >= 15 is 0 Å². The Morgan fingerprint density at radius 1 is 1.36 bits per heavy atom. The Balaban J connectivity index is 0.00000112. The number of aryl methyl sites for hydroxylation is 1. The van der Waals surface area contributed by atoms with Crippen LogP contribution in [0.1, 0.15) is 19.6 Å². The third-order valence-electron chi connectivity index (χ3n) is 2.61. The summed E-state index contributed by atoms with van der Waals surface area (Å²) in [6.45, 7) is 3.12. The van der Waals surface area contributed by atoms with Crippen molar-refractivity contribution in [3.05, 3.63) is 35.5 Å². The second-order valence-electron chi connectivity index (χ2n) is 3.51. The smallest absolute Gasteiger partial charge is 0.0459 e. The molecule has 0 atom stereocenters. The van der Waals surface area contributed by atoms with Crippen molar-refractivity contribution in [2.75, 3.05) is 7.05 Å². The summed E-state index contributed by atoms with van der Waals surface area (Å²) < 4.78 is 0. The van der Waals surface area contributed by atoms with Gasteiger partial charge in [0, 0.05) is 24.6 Å². The minimum atomic E-state index is 0. The van der Waals surface area contributed by atoms with E-state index in [0.29, 0.717) is 0 Å². The van der Waals surface area contributed by atoms with Gasteiger partial charge in [-0.15, -0.1) is 0 Å². The van der Waals surface area contributed by atoms with Crippen molar-refractivity contribution in [1.82, 2.24) is 10.3 Å².